The van der Waals surface area contributed by atoms with E-state index in [1.165, 1.54) is 12.8 Å². The molecule has 12 heavy (non-hydrogen) atoms. The summed E-state index contributed by atoms with van der Waals surface area (Å²) in [5, 5.41) is 0. The molecule has 0 radical (unpaired) electrons. The van der Waals surface area contributed by atoms with Gasteiger partial charge in [-0.15, -0.1) is 12.4 Å². The molecule has 3 heteroatoms. The number of aromatic amines is 1. The van der Waals surface area contributed by atoms with Gasteiger partial charge in [0.1, 0.15) is 0 Å². The summed E-state index contributed by atoms with van der Waals surface area (Å²) in [5.74, 6) is 0. The van der Waals surface area contributed by atoms with Crippen molar-refractivity contribution in [2.75, 3.05) is 0 Å². The van der Waals surface area contributed by atoms with E-state index in [-0.39, 0.29) is 18.4 Å². The molecule has 0 amide bonds. The molecule has 1 rings (SSSR count). The van der Waals surface area contributed by atoms with E-state index in [2.05, 4.69) is 11.9 Å². The first kappa shape index (κ1) is 11.5. The van der Waals surface area contributed by atoms with Gasteiger partial charge in [0.05, 0.1) is 0 Å². The first-order valence-corrected chi connectivity index (χ1v) is 4.23. The van der Waals surface area contributed by atoms with Gasteiger partial charge in [-0.3, -0.25) is 0 Å². The van der Waals surface area contributed by atoms with E-state index in [1.807, 2.05) is 18.3 Å². The van der Waals surface area contributed by atoms with Crippen molar-refractivity contribution in [1.29, 1.82) is 0 Å². The number of unbranched alkanes of at least 4 members (excludes halogenated alkanes) is 1. The molecule has 0 spiro atoms. The van der Waals surface area contributed by atoms with Gasteiger partial charge in [-0.2, -0.15) is 0 Å². The Labute approximate surface area is 80.0 Å². The second-order valence-corrected chi connectivity index (χ2v) is 2.87. The van der Waals surface area contributed by atoms with Crippen molar-refractivity contribution in [2.24, 2.45) is 5.73 Å². The Kier molecular flexibility index (Phi) is 5.85. The van der Waals surface area contributed by atoms with E-state index in [4.69, 9.17) is 5.73 Å². The van der Waals surface area contributed by atoms with Crippen LogP contribution < -0.4 is 5.73 Å². The Morgan fingerprint density at radius 3 is 2.83 bits per heavy atom. The molecule has 0 aliphatic heterocycles. The quantitative estimate of drug-likeness (QED) is 0.750. The summed E-state index contributed by atoms with van der Waals surface area (Å²) in [7, 11) is 0. The van der Waals surface area contributed by atoms with Gasteiger partial charge in [0, 0.05) is 17.9 Å². The second kappa shape index (κ2) is 6.09. The van der Waals surface area contributed by atoms with Gasteiger partial charge in [0.25, 0.3) is 0 Å². The number of H-pyrrole nitrogens is 1. The molecule has 1 aromatic rings. The summed E-state index contributed by atoms with van der Waals surface area (Å²) in [5.41, 5.74) is 7.05. The van der Waals surface area contributed by atoms with Crippen molar-refractivity contribution in [3.8, 4) is 0 Å². The fourth-order valence-electron chi connectivity index (χ4n) is 1.15. The first-order valence-electron chi connectivity index (χ1n) is 4.23. The van der Waals surface area contributed by atoms with Crippen LogP contribution in [0.2, 0.25) is 0 Å². The number of nitrogens with two attached hydrogens (primary N) is 1. The van der Waals surface area contributed by atoms with Crippen molar-refractivity contribution in [2.45, 2.75) is 32.2 Å². The summed E-state index contributed by atoms with van der Waals surface area (Å²) < 4.78 is 0. The average molecular weight is 189 g/mol. The minimum Gasteiger partial charge on any atom is -0.364 e. The molecule has 0 aliphatic rings. The predicted octanol–water partition coefficient (Wildman–Crippen LogP) is 2.63. The number of hydrogen-bond acceptors (Lipinski definition) is 1. The fourth-order valence-corrected chi connectivity index (χ4v) is 1.15. The van der Waals surface area contributed by atoms with Gasteiger partial charge in [0.2, 0.25) is 0 Å². The number of hydrogen-bond donors (Lipinski definition) is 2. The van der Waals surface area contributed by atoms with E-state index in [9.17, 15) is 0 Å². The highest BCUT2D eigenvalue weighted by molar-refractivity contribution is 5.85. The smallest absolute Gasteiger partial charge is 0.0447 e. The van der Waals surface area contributed by atoms with E-state index in [0.29, 0.717) is 0 Å². The van der Waals surface area contributed by atoms with Crippen LogP contribution in [-0.4, -0.2) is 4.98 Å². The van der Waals surface area contributed by atoms with Crippen molar-refractivity contribution < 1.29 is 0 Å². The average Bonchev–Trinajstić information content (AvgIpc) is 2.52. The number of rotatable bonds is 4. The topological polar surface area (TPSA) is 41.8 Å². The van der Waals surface area contributed by atoms with Crippen LogP contribution in [0.4, 0.5) is 0 Å². The Morgan fingerprint density at radius 2 is 2.33 bits per heavy atom. The maximum atomic E-state index is 5.89. The van der Waals surface area contributed by atoms with Crippen LogP contribution in [0.3, 0.4) is 0 Å². The van der Waals surface area contributed by atoms with Crippen molar-refractivity contribution in [1.82, 2.24) is 4.98 Å². The molecular weight excluding hydrogens is 172 g/mol. The lowest BCUT2D eigenvalue weighted by Crippen LogP contribution is -2.09. The van der Waals surface area contributed by atoms with Gasteiger partial charge in [0.15, 0.2) is 0 Å². The van der Waals surface area contributed by atoms with Gasteiger partial charge in [-0.1, -0.05) is 19.8 Å². The van der Waals surface area contributed by atoms with Crippen LogP contribution in [0.1, 0.15) is 37.9 Å². The minimum absolute atomic E-state index is 0. The van der Waals surface area contributed by atoms with Gasteiger partial charge >= 0.3 is 0 Å². The van der Waals surface area contributed by atoms with Crippen molar-refractivity contribution in [3.05, 3.63) is 24.0 Å². The van der Waals surface area contributed by atoms with Gasteiger partial charge in [-0.25, -0.2) is 0 Å². The summed E-state index contributed by atoms with van der Waals surface area (Å²) in [4.78, 5) is 3.12. The lowest BCUT2D eigenvalue weighted by molar-refractivity contribution is 0.593. The van der Waals surface area contributed by atoms with Gasteiger partial charge in [-0.05, 0) is 18.6 Å². The minimum atomic E-state index is 0. The number of halogens is 1. The Balaban J connectivity index is 0.00000121. The molecule has 0 aliphatic carbocycles. The van der Waals surface area contributed by atoms with E-state index < -0.39 is 0 Å². The highest BCUT2D eigenvalue weighted by Gasteiger charge is 2.03. The summed E-state index contributed by atoms with van der Waals surface area (Å²) >= 11 is 0. The molecule has 0 saturated carbocycles. The SMILES string of the molecule is CCCC[C@H](N)c1ccc[nH]1.Cl. The van der Waals surface area contributed by atoms with Crippen molar-refractivity contribution >= 4 is 12.4 Å². The molecule has 0 unspecified atom stereocenters. The first-order chi connectivity index (χ1) is 5.34. The number of aromatic nitrogens is 1. The molecule has 0 saturated heterocycles. The molecule has 3 N–H and O–H groups in total. The van der Waals surface area contributed by atoms with Crippen LogP contribution in [0.5, 0.6) is 0 Å². The summed E-state index contributed by atoms with van der Waals surface area (Å²) in [6, 6.07) is 4.23. The molecule has 1 heterocycles. The lowest BCUT2D eigenvalue weighted by atomic mass is 10.1. The zero-order chi connectivity index (χ0) is 8.10. The number of nitrogens with one attached hydrogen (secondary N) is 1. The Morgan fingerprint density at radius 1 is 1.58 bits per heavy atom. The molecule has 1 aromatic heterocycles. The van der Waals surface area contributed by atoms with Crippen LogP contribution in [0.15, 0.2) is 18.3 Å². The van der Waals surface area contributed by atoms with Crippen LogP contribution >= 0.6 is 12.4 Å². The maximum Gasteiger partial charge on any atom is 0.0447 e. The van der Waals surface area contributed by atoms with E-state index >= 15 is 0 Å². The maximum absolute atomic E-state index is 5.89. The zero-order valence-corrected chi connectivity index (χ0v) is 8.23. The Bertz CT molecular complexity index is 184. The van der Waals surface area contributed by atoms with Crippen LogP contribution in [0.25, 0.3) is 0 Å². The standard InChI is InChI=1S/C9H16N2.ClH/c1-2-3-5-8(10)9-6-4-7-11-9;/h4,6-8,11H,2-3,5,10H2,1H3;1H/t8-;/m0./s1. The third kappa shape index (κ3) is 3.28. The molecule has 0 aromatic carbocycles. The monoisotopic (exact) mass is 188 g/mol. The van der Waals surface area contributed by atoms with Crippen molar-refractivity contribution in [3.63, 3.8) is 0 Å². The Hall–Kier alpha value is -0.470. The lowest BCUT2D eigenvalue weighted by Gasteiger charge is -2.07. The molecule has 70 valence electrons. The molecule has 0 fully saturated rings. The summed E-state index contributed by atoms with van der Waals surface area (Å²) in [6.45, 7) is 2.18. The van der Waals surface area contributed by atoms with E-state index in [1.54, 1.807) is 0 Å². The highest BCUT2D eigenvalue weighted by atomic mass is 35.5. The van der Waals surface area contributed by atoms with E-state index in [0.717, 1.165) is 12.1 Å². The third-order valence-electron chi connectivity index (χ3n) is 1.89. The zero-order valence-electron chi connectivity index (χ0n) is 7.42. The predicted molar refractivity (Wildman–Crippen MR) is 54.5 cm³/mol. The molecule has 0 bridgehead atoms. The third-order valence-corrected chi connectivity index (χ3v) is 1.89. The normalized spacial score (nSPS) is 12.2. The van der Waals surface area contributed by atoms with Crippen LogP contribution in [-0.2, 0) is 0 Å². The molecular formula is C9H17ClN2. The van der Waals surface area contributed by atoms with Crippen LogP contribution in [0, 0.1) is 0 Å². The highest BCUT2D eigenvalue weighted by Crippen LogP contribution is 2.13. The second-order valence-electron chi connectivity index (χ2n) is 2.87. The summed E-state index contributed by atoms with van der Waals surface area (Å²) in [6.07, 6.45) is 5.42. The molecule has 1 atom stereocenters. The molecule has 2 nitrogen and oxygen atoms in total. The van der Waals surface area contributed by atoms with Gasteiger partial charge < -0.3 is 10.7 Å². The largest absolute Gasteiger partial charge is 0.364 e. The fraction of sp³-hybridized carbons (Fsp3) is 0.556.